The van der Waals surface area contributed by atoms with Crippen LogP contribution in [-0.4, -0.2) is 15.0 Å². The van der Waals surface area contributed by atoms with Crippen molar-refractivity contribution in [2.75, 3.05) is 0 Å². The van der Waals surface area contributed by atoms with Crippen LogP contribution in [0, 0.1) is 5.41 Å². The minimum absolute atomic E-state index is 0.0590. The Morgan fingerprint density at radius 3 is 2.80 bits per heavy atom. The fourth-order valence-corrected chi connectivity index (χ4v) is 2.92. The summed E-state index contributed by atoms with van der Waals surface area (Å²) in [5.41, 5.74) is 9.87. The van der Waals surface area contributed by atoms with E-state index in [1.165, 1.54) is 5.56 Å². The molecule has 1 unspecified atom stereocenters. The van der Waals surface area contributed by atoms with Crippen molar-refractivity contribution in [3.63, 3.8) is 0 Å². The first-order valence-corrected chi connectivity index (χ1v) is 7.03. The van der Waals surface area contributed by atoms with E-state index in [1.807, 2.05) is 18.3 Å². The zero-order valence-electron chi connectivity index (χ0n) is 12.0. The Morgan fingerprint density at radius 1 is 1.30 bits per heavy atom. The molecule has 1 atom stereocenters. The molecule has 2 heterocycles. The smallest absolute Gasteiger partial charge is 0.132 e. The predicted octanol–water partition coefficient (Wildman–Crippen LogP) is 2.43. The monoisotopic (exact) mass is 268 g/mol. The van der Waals surface area contributed by atoms with Crippen molar-refractivity contribution in [2.45, 2.75) is 39.2 Å². The molecule has 2 N–H and O–H groups in total. The Kier molecular flexibility index (Phi) is 3.26. The molecule has 0 amide bonds. The summed E-state index contributed by atoms with van der Waals surface area (Å²) in [6.07, 6.45) is 8.22. The molecule has 0 aromatic carbocycles. The van der Waals surface area contributed by atoms with Crippen molar-refractivity contribution >= 4 is 0 Å². The van der Waals surface area contributed by atoms with Crippen molar-refractivity contribution in [3.05, 3.63) is 53.4 Å². The summed E-state index contributed by atoms with van der Waals surface area (Å²) in [4.78, 5) is 13.2. The van der Waals surface area contributed by atoms with Gasteiger partial charge in [0.2, 0.25) is 0 Å². The van der Waals surface area contributed by atoms with Gasteiger partial charge in [0.15, 0.2) is 0 Å². The lowest BCUT2D eigenvalue weighted by molar-refractivity contribution is 0.277. The molecule has 3 rings (SSSR count). The SMILES string of the molecule is CC1(C)Cc2nc(Cc3ccncc3)ncc2C(N)C1. The van der Waals surface area contributed by atoms with Crippen LogP contribution in [-0.2, 0) is 12.8 Å². The van der Waals surface area contributed by atoms with Gasteiger partial charge in [0, 0.05) is 42.3 Å². The summed E-state index contributed by atoms with van der Waals surface area (Å²) in [5, 5.41) is 0. The minimum Gasteiger partial charge on any atom is -0.324 e. The number of pyridine rings is 1. The topological polar surface area (TPSA) is 64.7 Å². The highest BCUT2D eigenvalue weighted by Crippen LogP contribution is 2.38. The Bertz CT molecular complexity index is 607. The molecular weight excluding hydrogens is 248 g/mol. The summed E-state index contributed by atoms with van der Waals surface area (Å²) in [6.45, 7) is 4.50. The predicted molar refractivity (Wildman–Crippen MR) is 78.1 cm³/mol. The maximum atomic E-state index is 6.24. The fraction of sp³-hybridized carbons (Fsp3) is 0.438. The molecule has 0 bridgehead atoms. The molecule has 104 valence electrons. The summed E-state index contributed by atoms with van der Waals surface area (Å²) >= 11 is 0. The number of hydrogen-bond acceptors (Lipinski definition) is 4. The number of aromatic nitrogens is 3. The molecule has 0 aliphatic heterocycles. The average molecular weight is 268 g/mol. The van der Waals surface area contributed by atoms with Crippen LogP contribution in [0.5, 0.6) is 0 Å². The highest BCUT2D eigenvalue weighted by Gasteiger charge is 2.31. The van der Waals surface area contributed by atoms with Crippen molar-refractivity contribution in [2.24, 2.45) is 11.1 Å². The van der Waals surface area contributed by atoms with Crippen LogP contribution in [0.25, 0.3) is 0 Å². The first-order valence-electron chi connectivity index (χ1n) is 7.03. The summed E-state index contributed by atoms with van der Waals surface area (Å²) in [6, 6.07) is 4.06. The van der Waals surface area contributed by atoms with Gasteiger partial charge in [-0.25, -0.2) is 9.97 Å². The molecule has 20 heavy (non-hydrogen) atoms. The van der Waals surface area contributed by atoms with Crippen LogP contribution in [0.1, 0.15) is 49.0 Å². The molecule has 1 aliphatic rings. The molecular formula is C16H20N4. The Morgan fingerprint density at radius 2 is 2.05 bits per heavy atom. The largest absolute Gasteiger partial charge is 0.324 e. The third-order valence-corrected chi connectivity index (χ3v) is 3.88. The first-order chi connectivity index (χ1) is 9.53. The molecule has 0 saturated carbocycles. The van der Waals surface area contributed by atoms with Crippen LogP contribution < -0.4 is 5.73 Å². The molecule has 0 radical (unpaired) electrons. The van der Waals surface area contributed by atoms with Gasteiger partial charge in [0.05, 0.1) is 0 Å². The molecule has 4 heteroatoms. The van der Waals surface area contributed by atoms with Crippen LogP contribution in [0.15, 0.2) is 30.7 Å². The molecule has 1 aliphatic carbocycles. The van der Waals surface area contributed by atoms with Gasteiger partial charge in [-0.05, 0) is 36.0 Å². The Labute approximate surface area is 119 Å². The maximum Gasteiger partial charge on any atom is 0.132 e. The van der Waals surface area contributed by atoms with Crippen LogP contribution in [0.2, 0.25) is 0 Å². The van der Waals surface area contributed by atoms with E-state index in [4.69, 9.17) is 10.7 Å². The van der Waals surface area contributed by atoms with Gasteiger partial charge in [0.1, 0.15) is 5.82 Å². The van der Waals surface area contributed by atoms with Gasteiger partial charge >= 0.3 is 0 Å². The molecule has 2 aromatic heterocycles. The fourth-order valence-electron chi connectivity index (χ4n) is 2.92. The summed E-state index contributed by atoms with van der Waals surface area (Å²) in [5.74, 6) is 0.861. The van der Waals surface area contributed by atoms with E-state index in [0.29, 0.717) is 0 Å². The summed E-state index contributed by atoms with van der Waals surface area (Å²) < 4.78 is 0. The van der Waals surface area contributed by atoms with E-state index >= 15 is 0 Å². The van der Waals surface area contributed by atoms with E-state index in [1.54, 1.807) is 12.4 Å². The molecule has 2 aromatic rings. The van der Waals surface area contributed by atoms with Gasteiger partial charge in [0.25, 0.3) is 0 Å². The lowest BCUT2D eigenvalue weighted by atomic mass is 9.74. The Balaban J connectivity index is 1.89. The minimum atomic E-state index is 0.0590. The zero-order chi connectivity index (χ0) is 14.2. The van der Waals surface area contributed by atoms with Crippen LogP contribution in [0.3, 0.4) is 0 Å². The van der Waals surface area contributed by atoms with E-state index in [-0.39, 0.29) is 11.5 Å². The zero-order valence-corrected chi connectivity index (χ0v) is 12.0. The van der Waals surface area contributed by atoms with Crippen LogP contribution >= 0.6 is 0 Å². The number of nitrogens with zero attached hydrogens (tertiary/aromatic N) is 3. The van der Waals surface area contributed by atoms with Gasteiger partial charge in [-0.1, -0.05) is 13.8 Å². The quantitative estimate of drug-likeness (QED) is 0.908. The van der Waals surface area contributed by atoms with E-state index < -0.39 is 0 Å². The lowest BCUT2D eigenvalue weighted by Crippen LogP contribution is -2.31. The molecule has 0 saturated heterocycles. The van der Waals surface area contributed by atoms with Gasteiger partial charge < -0.3 is 5.73 Å². The third kappa shape index (κ3) is 2.70. The van der Waals surface area contributed by atoms with Gasteiger partial charge in [-0.15, -0.1) is 0 Å². The second kappa shape index (κ2) is 4.94. The second-order valence-electron chi connectivity index (χ2n) is 6.37. The number of nitrogens with two attached hydrogens (primary N) is 1. The first kappa shape index (κ1) is 13.2. The average Bonchev–Trinajstić information content (AvgIpc) is 2.38. The Hall–Kier alpha value is -1.81. The number of rotatable bonds is 2. The van der Waals surface area contributed by atoms with Crippen molar-refractivity contribution in [3.8, 4) is 0 Å². The molecule has 0 fully saturated rings. The normalized spacial score (nSPS) is 20.4. The van der Waals surface area contributed by atoms with Crippen LogP contribution in [0.4, 0.5) is 0 Å². The summed E-state index contributed by atoms with van der Waals surface area (Å²) in [7, 11) is 0. The maximum absolute atomic E-state index is 6.24. The third-order valence-electron chi connectivity index (χ3n) is 3.88. The lowest BCUT2D eigenvalue weighted by Gasteiger charge is -2.34. The van der Waals surface area contributed by atoms with E-state index in [9.17, 15) is 0 Å². The highest BCUT2D eigenvalue weighted by atomic mass is 14.9. The highest BCUT2D eigenvalue weighted by molar-refractivity contribution is 5.27. The van der Waals surface area contributed by atoms with Gasteiger partial charge in [-0.3, -0.25) is 4.98 Å². The number of hydrogen-bond donors (Lipinski definition) is 1. The number of fused-ring (bicyclic) bond motifs is 1. The van der Waals surface area contributed by atoms with Crippen molar-refractivity contribution in [1.29, 1.82) is 0 Å². The van der Waals surface area contributed by atoms with Gasteiger partial charge in [-0.2, -0.15) is 0 Å². The standard InChI is InChI=1S/C16H20N4/c1-16(2)8-13(17)12-10-19-15(20-14(12)9-16)7-11-3-5-18-6-4-11/h3-6,10,13H,7-9,17H2,1-2H3. The molecule has 0 spiro atoms. The van der Waals surface area contributed by atoms with E-state index in [0.717, 1.165) is 36.3 Å². The molecule has 4 nitrogen and oxygen atoms in total. The van der Waals surface area contributed by atoms with E-state index in [2.05, 4.69) is 23.8 Å². The van der Waals surface area contributed by atoms with Crippen molar-refractivity contribution < 1.29 is 0 Å². The van der Waals surface area contributed by atoms with Crippen molar-refractivity contribution in [1.82, 2.24) is 15.0 Å². The second-order valence-corrected chi connectivity index (χ2v) is 6.37.